The van der Waals surface area contributed by atoms with Crippen molar-refractivity contribution in [3.8, 4) is 11.5 Å². The number of benzene rings is 1. The van der Waals surface area contributed by atoms with Crippen molar-refractivity contribution >= 4 is 17.6 Å². The van der Waals surface area contributed by atoms with E-state index in [0.717, 1.165) is 31.7 Å². The fraction of sp³-hybridized carbons (Fsp3) is 0.429. The van der Waals surface area contributed by atoms with Crippen molar-refractivity contribution in [2.75, 3.05) is 37.0 Å². The Balaban J connectivity index is 1.60. The Morgan fingerprint density at radius 3 is 2.72 bits per heavy atom. The molecule has 7 nitrogen and oxygen atoms in total. The highest BCUT2D eigenvalue weighted by Crippen LogP contribution is 2.32. The van der Waals surface area contributed by atoms with Crippen LogP contribution in [0.3, 0.4) is 0 Å². The SMILES string of the molecule is CCCCOC(=O)Nc1ccc(Oc2ccnc(N3CC(C)(OC)C3)c2)cc1F. The molecule has 3 rings (SSSR count). The minimum Gasteiger partial charge on any atom is -0.457 e. The highest BCUT2D eigenvalue weighted by Gasteiger charge is 2.39. The summed E-state index contributed by atoms with van der Waals surface area (Å²) in [5.41, 5.74) is -0.129. The number of pyridine rings is 1. The number of methoxy groups -OCH3 is 1. The van der Waals surface area contributed by atoms with Crippen LogP contribution in [0.4, 0.5) is 20.7 Å². The molecule has 2 aromatic rings. The van der Waals surface area contributed by atoms with Crippen molar-refractivity contribution in [1.82, 2.24) is 4.98 Å². The number of unbranched alkanes of at least 4 members (excludes halogenated alkanes) is 1. The number of carbonyl (C=O) groups excluding carboxylic acids is 1. The van der Waals surface area contributed by atoms with Crippen LogP contribution in [0.15, 0.2) is 36.5 Å². The molecule has 2 heterocycles. The van der Waals surface area contributed by atoms with Crippen molar-refractivity contribution in [1.29, 1.82) is 0 Å². The van der Waals surface area contributed by atoms with Gasteiger partial charge in [-0.1, -0.05) is 13.3 Å². The summed E-state index contributed by atoms with van der Waals surface area (Å²) in [7, 11) is 1.70. The molecule has 1 aliphatic rings. The zero-order valence-electron chi connectivity index (χ0n) is 16.9. The van der Waals surface area contributed by atoms with E-state index in [1.807, 2.05) is 13.8 Å². The first-order chi connectivity index (χ1) is 13.9. The van der Waals surface area contributed by atoms with Crippen LogP contribution < -0.4 is 15.0 Å². The molecule has 8 heteroatoms. The molecule has 0 saturated carbocycles. The summed E-state index contributed by atoms with van der Waals surface area (Å²) in [5, 5.41) is 2.39. The Bertz CT molecular complexity index is 856. The minimum absolute atomic E-state index is 0.0358. The number of nitrogens with one attached hydrogen (secondary N) is 1. The van der Waals surface area contributed by atoms with Gasteiger partial charge in [-0.2, -0.15) is 0 Å². The van der Waals surface area contributed by atoms with Gasteiger partial charge in [0.25, 0.3) is 0 Å². The fourth-order valence-electron chi connectivity index (χ4n) is 2.94. The Hall–Kier alpha value is -2.87. The molecule has 0 spiro atoms. The number of nitrogens with zero attached hydrogens (tertiary/aromatic N) is 2. The summed E-state index contributed by atoms with van der Waals surface area (Å²) in [6.07, 6.45) is 2.64. The maximum absolute atomic E-state index is 14.3. The molecule has 0 unspecified atom stereocenters. The number of carbonyl (C=O) groups is 1. The van der Waals surface area contributed by atoms with Crippen LogP contribution in [0.25, 0.3) is 0 Å². The average molecular weight is 403 g/mol. The van der Waals surface area contributed by atoms with E-state index >= 15 is 0 Å². The van der Waals surface area contributed by atoms with E-state index < -0.39 is 11.9 Å². The van der Waals surface area contributed by atoms with E-state index in [9.17, 15) is 9.18 Å². The second-order valence-corrected chi connectivity index (χ2v) is 7.22. The third-order valence-corrected chi connectivity index (χ3v) is 4.73. The quantitative estimate of drug-likeness (QED) is 0.650. The predicted octanol–water partition coefficient (Wildman–Crippen LogP) is 4.59. The van der Waals surface area contributed by atoms with Crippen LogP contribution in [-0.4, -0.2) is 43.5 Å². The highest BCUT2D eigenvalue weighted by atomic mass is 19.1. The Morgan fingerprint density at radius 1 is 1.28 bits per heavy atom. The molecule has 1 amide bonds. The Kier molecular flexibility index (Phi) is 6.53. The maximum atomic E-state index is 14.3. The molecule has 0 aliphatic carbocycles. The summed E-state index contributed by atoms with van der Waals surface area (Å²) >= 11 is 0. The first kappa shape index (κ1) is 20.9. The van der Waals surface area contributed by atoms with E-state index in [2.05, 4.69) is 15.2 Å². The number of anilines is 2. The summed E-state index contributed by atoms with van der Waals surface area (Å²) < 4.78 is 30.5. The number of halogens is 1. The largest absolute Gasteiger partial charge is 0.457 e. The van der Waals surface area contributed by atoms with E-state index in [-0.39, 0.29) is 11.3 Å². The van der Waals surface area contributed by atoms with Crippen LogP contribution in [0.1, 0.15) is 26.7 Å². The van der Waals surface area contributed by atoms with E-state index in [4.69, 9.17) is 14.2 Å². The Labute approximate surface area is 169 Å². The second-order valence-electron chi connectivity index (χ2n) is 7.22. The number of ether oxygens (including phenoxy) is 3. The molecule has 1 aliphatic heterocycles. The molecule has 1 N–H and O–H groups in total. The fourth-order valence-corrected chi connectivity index (χ4v) is 2.94. The third kappa shape index (κ3) is 5.35. The topological polar surface area (TPSA) is 72.9 Å². The van der Waals surface area contributed by atoms with Crippen LogP contribution in [0.2, 0.25) is 0 Å². The van der Waals surface area contributed by atoms with Gasteiger partial charge in [-0.05, 0) is 31.5 Å². The molecule has 1 aromatic heterocycles. The van der Waals surface area contributed by atoms with Gasteiger partial charge >= 0.3 is 6.09 Å². The summed E-state index contributed by atoms with van der Waals surface area (Å²) in [6.45, 7) is 5.82. The highest BCUT2D eigenvalue weighted by molar-refractivity contribution is 5.84. The van der Waals surface area contributed by atoms with Crippen LogP contribution in [0, 0.1) is 5.82 Å². The van der Waals surface area contributed by atoms with E-state index in [1.54, 1.807) is 31.5 Å². The first-order valence-electron chi connectivity index (χ1n) is 9.60. The smallest absolute Gasteiger partial charge is 0.411 e. The molecule has 0 atom stereocenters. The summed E-state index contributed by atoms with van der Waals surface area (Å²) in [4.78, 5) is 18.1. The Morgan fingerprint density at radius 2 is 2.03 bits per heavy atom. The summed E-state index contributed by atoms with van der Waals surface area (Å²) in [5.74, 6) is 1.02. The molecule has 29 heavy (non-hydrogen) atoms. The van der Waals surface area contributed by atoms with Gasteiger partial charge in [0, 0.05) is 38.5 Å². The average Bonchev–Trinajstić information content (AvgIpc) is 2.68. The number of aromatic nitrogens is 1. The van der Waals surface area contributed by atoms with Gasteiger partial charge in [-0.25, -0.2) is 14.2 Å². The lowest BCUT2D eigenvalue weighted by molar-refractivity contribution is -0.0171. The second kappa shape index (κ2) is 9.09. The lowest BCUT2D eigenvalue weighted by Gasteiger charge is -2.47. The van der Waals surface area contributed by atoms with Gasteiger partial charge in [0.15, 0.2) is 5.82 Å². The van der Waals surface area contributed by atoms with Crippen LogP contribution >= 0.6 is 0 Å². The zero-order chi connectivity index (χ0) is 20.9. The molecule has 1 fully saturated rings. The molecule has 1 aromatic carbocycles. The summed E-state index contributed by atoms with van der Waals surface area (Å²) in [6, 6.07) is 7.73. The zero-order valence-corrected chi connectivity index (χ0v) is 16.9. The predicted molar refractivity (Wildman–Crippen MR) is 108 cm³/mol. The molecule has 0 radical (unpaired) electrons. The molecule has 1 saturated heterocycles. The molecular weight excluding hydrogens is 377 g/mol. The number of amides is 1. The van der Waals surface area contributed by atoms with E-state index in [1.165, 1.54) is 12.1 Å². The molecule has 156 valence electrons. The van der Waals surface area contributed by atoms with Crippen LogP contribution in [-0.2, 0) is 9.47 Å². The van der Waals surface area contributed by atoms with Gasteiger partial charge in [0.05, 0.1) is 17.9 Å². The van der Waals surface area contributed by atoms with Crippen LogP contribution in [0.5, 0.6) is 11.5 Å². The van der Waals surface area contributed by atoms with Gasteiger partial charge in [0.2, 0.25) is 0 Å². The molecule has 0 bridgehead atoms. The molecular formula is C21H26FN3O4. The number of hydrogen-bond donors (Lipinski definition) is 1. The van der Waals surface area contributed by atoms with Gasteiger partial charge in [0.1, 0.15) is 17.3 Å². The number of rotatable bonds is 8. The lowest BCUT2D eigenvalue weighted by atomic mass is 9.96. The lowest BCUT2D eigenvalue weighted by Crippen LogP contribution is -2.61. The first-order valence-corrected chi connectivity index (χ1v) is 9.60. The van der Waals surface area contributed by atoms with Crippen molar-refractivity contribution in [2.24, 2.45) is 0 Å². The standard InChI is InChI=1S/C21H26FN3O4/c1-4-5-10-28-20(26)24-18-7-6-15(11-17(18)22)29-16-8-9-23-19(12-16)25-13-21(2,14-25)27-3/h6-9,11-12H,4-5,10,13-14H2,1-3H3,(H,24,26). The van der Waals surface area contributed by atoms with Gasteiger partial charge in [-0.3, -0.25) is 5.32 Å². The minimum atomic E-state index is -0.678. The van der Waals surface area contributed by atoms with Gasteiger partial charge < -0.3 is 19.1 Å². The number of hydrogen-bond acceptors (Lipinski definition) is 6. The third-order valence-electron chi connectivity index (χ3n) is 4.73. The van der Waals surface area contributed by atoms with Crippen molar-refractivity contribution in [3.05, 3.63) is 42.3 Å². The van der Waals surface area contributed by atoms with Crippen molar-refractivity contribution in [3.63, 3.8) is 0 Å². The van der Waals surface area contributed by atoms with E-state index in [0.29, 0.717) is 18.1 Å². The normalized spacial score (nSPS) is 14.8. The van der Waals surface area contributed by atoms with Crippen molar-refractivity contribution < 1.29 is 23.4 Å². The van der Waals surface area contributed by atoms with Gasteiger partial charge in [-0.15, -0.1) is 0 Å². The monoisotopic (exact) mass is 403 g/mol. The van der Waals surface area contributed by atoms with Crippen molar-refractivity contribution in [2.45, 2.75) is 32.3 Å². The maximum Gasteiger partial charge on any atom is 0.411 e.